The Kier molecular flexibility index (Phi) is 8.56. The first-order valence-corrected chi connectivity index (χ1v) is 6.97. The molecule has 1 aromatic rings. The minimum absolute atomic E-state index is 0. The van der Waals surface area contributed by atoms with E-state index in [4.69, 9.17) is 4.74 Å². The van der Waals surface area contributed by atoms with Crippen LogP contribution in [0.4, 0.5) is 0 Å². The van der Waals surface area contributed by atoms with E-state index in [0.29, 0.717) is 11.9 Å². The van der Waals surface area contributed by atoms with E-state index in [0.717, 1.165) is 26.2 Å². The Hall–Kier alpha value is -0.550. The molecule has 1 aromatic heterocycles. The Labute approximate surface area is 140 Å². The van der Waals surface area contributed by atoms with E-state index in [9.17, 15) is 0 Å². The van der Waals surface area contributed by atoms with Gasteiger partial charge in [-0.1, -0.05) is 26.8 Å². The smallest absolute Gasteiger partial charge is 0.212 e. The topological polar surface area (TPSA) is 37.4 Å². The van der Waals surface area contributed by atoms with Gasteiger partial charge in [-0.15, -0.1) is 24.8 Å². The fourth-order valence-corrected chi connectivity index (χ4v) is 2.87. The molecule has 1 aliphatic heterocycles. The zero-order chi connectivity index (χ0) is 13.9. The summed E-state index contributed by atoms with van der Waals surface area (Å²) in [4.78, 5) is 6.92. The molecule has 0 radical (unpaired) electrons. The van der Waals surface area contributed by atoms with Crippen molar-refractivity contribution < 1.29 is 4.74 Å². The van der Waals surface area contributed by atoms with Crippen LogP contribution in [0.15, 0.2) is 18.3 Å². The summed E-state index contributed by atoms with van der Waals surface area (Å²) in [7, 11) is 1.65. The quantitative estimate of drug-likeness (QED) is 0.921. The summed E-state index contributed by atoms with van der Waals surface area (Å²) in [5, 5.41) is 3.41. The van der Waals surface area contributed by atoms with Gasteiger partial charge in [0.15, 0.2) is 0 Å². The van der Waals surface area contributed by atoms with Crippen LogP contribution >= 0.6 is 24.8 Å². The minimum Gasteiger partial charge on any atom is -0.481 e. The summed E-state index contributed by atoms with van der Waals surface area (Å²) in [6, 6.07) is 4.49. The molecule has 122 valence electrons. The Morgan fingerprint density at radius 2 is 1.81 bits per heavy atom. The average molecular weight is 336 g/mol. The molecule has 21 heavy (non-hydrogen) atoms. The molecule has 0 aliphatic carbocycles. The maximum absolute atomic E-state index is 5.15. The molecule has 1 N–H and O–H groups in total. The second kappa shape index (κ2) is 8.79. The lowest BCUT2D eigenvalue weighted by Crippen LogP contribution is -2.48. The van der Waals surface area contributed by atoms with Crippen LogP contribution < -0.4 is 10.1 Å². The fraction of sp³-hybridized carbons (Fsp3) is 0.667. The van der Waals surface area contributed by atoms with Gasteiger partial charge in [0, 0.05) is 44.5 Å². The molecule has 2 heterocycles. The highest BCUT2D eigenvalue weighted by Crippen LogP contribution is 2.38. The summed E-state index contributed by atoms with van der Waals surface area (Å²) in [6.45, 7) is 11.2. The lowest BCUT2D eigenvalue weighted by Gasteiger charge is -2.42. The predicted molar refractivity (Wildman–Crippen MR) is 91.9 cm³/mol. The zero-order valence-corrected chi connectivity index (χ0v) is 14.9. The molecule has 0 spiro atoms. The van der Waals surface area contributed by atoms with Crippen molar-refractivity contribution in [2.75, 3.05) is 33.3 Å². The summed E-state index contributed by atoms with van der Waals surface area (Å²) in [5.74, 6) is 0.678. The Bertz CT molecular complexity index is 400. The van der Waals surface area contributed by atoms with Gasteiger partial charge < -0.3 is 10.1 Å². The number of piperazine rings is 1. The van der Waals surface area contributed by atoms with Crippen molar-refractivity contribution in [3.63, 3.8) is 0 Å². The fourth-order valence-electron chi connectivity index (χ4n) is 2.87. The van der Waals surface area contributed by atoms with E-state index in [1.165, 1.54) is 5.56 Å². The molecule has 0 bridgehead atoms. The van der Waals surface area contributed by atoms with Gasteiger partial charge in [0.25, 0.3) is 0 Å². The van der Waals surface area contributed by atoms with Crippen LogP contribution in [0, 0.1) is 5.41 Å². The highest BCUT2D eigenvalue weighted by atomic mass is 35.5. The van der Waals surface area contributed by atoms with Crippen LogP contribution in [0.5, 0.6) is 5.88 Å². The molecule has 1 atom stereocenters. The maximum atomic E-state index is 5.15. The Balaban J connectivity index is 0.00000200. The molecule has 0 amide bonds. The molecule has 1 saturated heterocycles. The first-order valence-electron chi connectivity index (χ1n) is 6.97. The average Bonchev–Trinajstić information content (AvgIpc) is 2.39. The standard InChI is InChI=1S/C15H25N3O.2ClH/c1-15(2,3)14(18-9-7-16-8-10-18)12-5-6-13(19-4)17-11-12;;/h5-6,11,14,16H,7-10H2,1-4H3;2*1H/t14-;;/m0../s1. The number of nitrogens with zero attached hydrogens (tertiary/aromatic N) is 2. The zero-order valence-electron chi connectivity index (χ0n) is 13.3. The minimum atomic E-state index is 0. The van der Waals surface area contributed by atoms with Gasteiger partial charge in [-0.25, -0.2) is 4.98 Å². The highest BCUT2D eigenvalue weighted by Gasteiger charge is 2.32. The van der Waals surface area contributed by atoms with Gasteiger partial charge in [0.1, 0.15) is 0 Å². The first kappa shape index (κ1) is 20.5. The van der Waals surface area contributed by atoms with Gasteiger partial charge in [-0.3, -0.25) is 4.90 Å². The van der Waals surface area contributed by atoms with Crippen molar-refractivity contribution in [2.45, 2.75) is 26.8 Å². The van der Waals surface area contributed by atoms with E-state index in [2.05, 4.69) is 42.0 Å². The SMILES string of the molecule is COc1ccc([C@H](N2CCNCC2)C(C)(C)C)cn1.Cl.Cl. The monoisotopic (exact) mass is 335 g/mol. The number of halogens is 2. The van der Waals surface area contributed by atoms with E-state index in [-0.39, 0.29) is 30.2 Å². The van der Waals surface area contributed by atoms with Crippen LogP contribution in [0.2, 0.25) is 0 Å². The second-order valence-electron chi connectivity index (χ2n) is 6.19. The lowest BCUT2D eigenvalue weighted by molar-refractivity contribution is 0.0859. The van der Waals surface area contributed by atoms with Crippen molar-refractivity contribution in [1.29, 1.82) is 0 Å². The number of methoxy groups -OCH3 is 1. The van der Waals surface area contributed by atoms with Crippen molar-refractivity contribution in [2.24, 2.45) is 5.41 Å². The first-order chi connectivity index (χ1) is 9.02. The van der Waals surface area contributed by atoms with Crippen LogP contribution in [0.1, 0.15) is 32.4 Å². The van der Waals surface area contributed by atoms with Crippen LogP contribution in [-0.4, -0.2) is 43.2 Å². The summed E-state index contributed by atoms with van der Waals surface area (Å²) < 4.78 is 5.15. The summed E-state index contributed by atoms with van der Waals surface area (Å²) in [6.07, 6.45) is 1.96. The molecule has 6 heteroatoms. The Morgan fingerprint density at radius 1 is 1.19 bits per heavy atom. The van der Waals surface area contributed by atoms with Crippen molar-refractivity contribution in [3.05, 3.63) is 23.9 Å². The molecular weight excluding hydrogens is 309 g/mol. The van der Waals surface area contributed by atoms with Gasteiger partial charge in [0.2, 0.25) is 5.88 Å². The third kappa shape index (κ3) is 5.29. The predicted octanol–water partition coefficient (Wildman–Crippen LogP) is 2.93. The van der Waals surface area contributed by atoms with Gasteiger partial charge >= 0.3 is 0 Å². The van der Waals surface area contributed by atoms with Crippen LogP contribution in [-0.2, 0) is 0 Å². The Morgan fingerprint density at radius 3 is 2.24 bits per heavy atom. The highest BCUT2D eigenvalue weighted by molar-refractivity contribution is 5.85. The van der Waals surface area contributed by atoms with Gasteiger partial charge in [0.05, 0.1) is 7.11 Å². The molecule has 2 rings (SSSR count). The van der Waals surface area contributed by atoms with Crippen molar-refractivity contribution >= 4 is 24.8 Å². The number of aromatic nitrogens is 1. The third-order valence-corrected chi connectivity index (χ3v) is 3.62. The molecule has 0 aromatic carbocycles. The number of ether oxygens (including phenoxy) is 1. The van der Waals surface area contributed by atoms with Gasteiger partial charge in [-0.05, 0) is 11.0 Å². The number of hydrogen-bond acceptors (Lipinski definition) is 4. The number of rotatable bonds is 3. The summed E-state index contributed by atoms with van der Waals surface area (Å²) in [5.41, 5.74) is 1.46. The molecule has 1 aliphatic rings. The molecular formula is C15H27Cl2N3O. The molecule has 0 unspecified atom stereocenters. The molecule has 0 saturated carbocycles. The van der Waals surface area contributed by atoms with E-state index >= 15 is 0 Å². The number of nitrogens with one attached hydrogen (secondary N) is 1. The van der Waals surface area contributed by atoms with Crippen LogP contribution in [0.25, 0.3) is 0 Å². The normalized spacial score (nSPS) is 17.3. The van der Waals surface area contributed by atoms with E-state index in [1.54, 1.807) is 7.11 Å². The largest absolute Gasteiger partial charge is 0.481 e. The number of pyridine rings is 1. The molecule has 4 nitrogen and oxygen atoms in total. The van der Waals surface area contributed by atoms with E-state index < -0.39 is 0 Å². The molecule has 1 fully saturated rings. The van der Waals surface area contributed by atoms with Gasteiger partial charge in [-0.2, -0.15) is 0 Å². The maximum Gasteiger partial charge on any atom is 0.212 e. The second-order valence-corrected chi connectivity index (χ2v) is 6.19. The summed E-state index contributed by atoms with van der Waals surface area (Å²) >= 11 is 0. The lowest BCUT2D eigenvalue weighted by atomic mass is 9.81. The van der Waals surface area contributed by atoms with Crippen LogP contribution in [0.3, 0.4) is 0 Å². The number of hydrogen-bond donors (Lipinski definition) is 1. The van der Waals surface area contributed by atoms with Crippen molar-refractivity contribution in [3.8, 4) is 5.88 Å². The van der Waals surface area contributed by atoms with Crippen molar-refractivity contribution in [1.82, 2.24) is 15.2 Å². The van der Waals surface area contributed by atoms with E-state index in [1.807, 2.05) is 12.3 Å². The third-order valence-electron chi connectivity index (χ3n) is 3.62.